The number of esters is 4. The van der Waals surface area contributed by atoms with E-state index in [-0.39, 0.29) is 25.7 Å². The zero-order chi connectivity index (χ0) is 65.6. The molecular formula is C70H136O17P2. The summed E-state index contributed by atoms with van der Waals surface area (Å²) in [7, 11) is -9.87. The molecule has 0 heterocycles. The molecule has 0 radical (unpaired) electrons. The van der Waals surface area contributed by atoms with E-state index in [4.69, 9.17) is 37.0 Å². The number of phosphoric ester groups is 2. The van der Waals surface area contributed by atoms with E-state index >= 15 is 0 Å². The van der Waals surface area contributed by atoms with E-state index < -0.39 is 97.5 Å². The topological polar surface area (TPSA) is 237 Å². The molecule has 0 saturated heterocycles. The Morgan fingerprint density at radius 1 is 0.303 bits per heavy atom. The SMILES string of the molecule is CCCCCCCCCCCCCCCCCCCCCCC(=O)O[C@H](COC(=O)CCCCCCCCCCCCCCCCCCC(C)C)COP(=O)(O)OC[C@@H](O)COP(=O)(O)OC[C@@H](COC(=O)CCCCCCC)OC(=O)CCCCCCC. The van der Waals surface area contributed by atoms with Crippen LogP contribution in [-0.4, -0.2) is 96.7 Å². The third-order valence-electron chi connectivity index (χ3n) is 16.3. The van der Waals surface area contributed by atoms with Crippen molar-refractivity contribution in [3.63, 3.8) is 0 Å². The number of carbonyl (C=O) groups excluding carboxylic acids is 4. The highest BCUT2D eigenvalue weighted by Crippen LogP contribution is 2.45. The second kappa shape index (κ2) is 63.5. The van der Waals surface area contributed by atoms with Crippen molar-refractivity contribution in [1.29, 1.82) is 0 Å². The highest BCUT2D eigenvalue weighted by molar-refractivity contribution is 7.47. The first-order valence-corrected chi connectivity index (χ1v) is 39.6. The minimum Gasteiger partial charge on any atom is -0.462 e. The number of ether oxygens (including phenoxy) is 4. The molecule has 0 spiro atoms. The van der Waals surface area contributed by atoms with Gasteiger partial charge in [-0.2, -0.15) is 0 Å². The molecule has 17 nitrogen and oxygen atoms in total. The molecule has 0 rings (SSSR count). The van der Waals surface area contributed by atoms with Crippen LogP contribution in [0.4, 0.5) is 0 Å². The first-order chi connectivity index (χ1) is 43.0. The largest absolute Gasteiger partial charge is 0.472 e. The summed E-state index contributed by atoms with van der Waals surface area (Å²) in [6.45, 7) is 7.08. The van der Waals surface area contributed by atoms with E-state index in [9.17, 15) is 43.2 Å². The number of hydrogen-bond acceptors (Lipinski definition) is 15. The fourth-order valence-corrected chi connectivity index (χ4v) is 12.2. The van der Waals surface area contributed by atoms with Gasteiger partial charge in [-0.25, -0.2) is 9.13 Å². The van der Waals surface area contributed by atoms with Gasteiger partial charge in [0.2, 0.25) is 0 Å². The molecule has 528 valence electrons. The van der Waals surface area contributed by atoms with Gasteiger partial charge >= 0.3 is 39.5 Å². The van der Waals surface area contributed by atoms with Crippen molar-refractivity contribution in [2.45, 2.75) is 380 Å². The summed E-state index contributed by atoms with van der Waals surface area (Å²) < 4.78 is 67.8. The Morgan fingerprint density at radius 2 is 0.517 bits per heavy atom. The van der Waals surface area contributed by atoms with Crippen LogP contribution in [0.3, 0.4) is 0 Å². The van der Waals surface area contributed by atoms with Crippen molar-refractivity contribution < 1.29 is 80.2 Å². The average molecular weight is 1310 g/mol. The van der Waals surface area contributed by atoms with Crippen LogP contribution in [0.25, 0.3) is 0 Å². The fraction of sp³-hybridized carbons (Fsp3) is 0.943. The molecule has 0 saturated carbocycles. The fourth-order valence-electron chi connectivity index (χ4n) is 10.6. The molecule has 5 atom stereocenters. The molecule has 0 bridgehead atoms. The van der Waals surface area contributed by atoms with Crippen LogP contribution in [-0.2, 0) is 65.4 Å². The maximum Gasteiger partial charge on any atom is 0.472 e. The molecule has 0 aliphatic carbocycles. The smallest absolute Gasteiger partial charge is 0.462 e. The number of unbranched alkanes of at least 4 members (excludes halogenated alkanes) is 42. The summed E-state index contributed by atoms with van der Waals surface area (Å²) in [5.41, 5.74) is 0. The lowest BCUT2D eigenvalue weighted by molar-refractivity contribution is -0.161. The molecule has 0 aromatic heterocycles. The van der Waals surface area contributed by atoms with Gasteiger partial charge in [0.25, 0.3) is 0 Å². The minimum absolute atomic E-state index is 0.0991. The normalized spacial score (nSPS) is 14.1. The zero-order valence-corrected chi connectivity index (χ0v) is 59.4. The second-order valence-corrected chi connectivity index (χ2v) is 28.7. The van der Waals surface area contributed by atoms with Crippen molar-refractivity contribution in [3.05, 3.63) is 0 Å². The Labute approximate surface area is 543 Å². The van der Waals surface area contributed by atoms with Crippen LogP contribution in [0.2, 0.25) is 0 Å². The van der Waals surface area contributed by atoms with Gasteiger partial charge in [-0.3, -0.25) is 37.3 Å². The Kier molecular flexibility index (Phi) is 62.1. The van der Waals surface area contributed by atoms with Gasteiger partial charge in [0, 0.05) is 25.7 Å². The molecule has 0 fully saturated rings. The van der Waals surface area contributed by atoms with E-state index in [1.807, 2.05) is 0 Å². The van der Waals surface area contributed by atoms with E-state index in [0.717, 1.165) is 102 Å². The summed E-state index contributed by atoms with van der Waals surface area (Å²) in [4.78, 5) is 71.9. The van der Waals surface area contributed by atoms with Gasteiger partial charge in [0.05, 0.1) is 26.4 Å². The molecule has 0 aromatic rings. The molecular weight excluding hydrogens is 1170 g/mol. The third kappa shape index (κ3) is 64.6. The van der Waals surface area contributed by atoms with Crippen LogP contribution in [0.5, 0.6) is 0 Å². The number of rotatable bonds is 70. The molecule has 0 aromatic carbocycles. The van der Waals surface area contributed by atoms with E-state index in [0.29, 0.717) is 25.7 Å². The highest BCUT2D eigenvalue weighted by Gasteiger charge is 2.30. The second-order valence-electron chi connectivity index (χ2n) is 25.7. The number of carbonyl (C=O) groups is 4. The lowest BCUT2D eigenvalue weighted by Crippen LogP contribution is -2.30. The van der Waals surface area contributed by atoms with Gasteiger partial charge in [-0.15, -0.1) is 0 Å². The summed E-state index contributed by atoms with van der Waals surface area (Å²) in [5, 5.41) is 10.5. The predicted molar refractivity (Wildman–Crippen MR) is 358 cm³/mol. The Bertz CT molecular complexity index is 1720. The Hall–Kier alpha value is -1.94. The van der Waals surface area contributed by atoms with Crippen molar-refractivity contribution in [1.82, 2.24) is 0 Å². The standard InChI is InChI=1S/C70H136O17P2/c1-6-9-12-15-16-17-18-19-20-21-22-23-24-29-32-35-38-41-46-51-56-70(75)87-66(60-81-68(73)54-49-45-40-37-34-31-28-26-25-27-30-33-36-39-44-47-52-63(4)5)62-85-89(78,79)83-58-64(71)57-82-88(76,77)84-61-65(86-69(74)55-50-43-14-11-8-3)59-80-67(72)53-48-42-13-10-7-2/h63-66,71H,6-62H2,1-5H3,(H,76,77)(H,78,79)/t64-,65+,66+/m0/s1. The maximum atomic E-state index is 13.0. The summed E-state index contributed by atoms with van der Waals surface area (Å²) >= 11 is 0. The Balaban J connectivity index is 5.04. The number of hydrogen-bond donors (Lipinski definition) is 3. The lowest BCUT2D eigenvalue weighted by atomic mass is 10.0. The lowest BCUT2D eigenvalue weighted by Gasteiger charge is -2.21. The van der Waals surface area contributed by atoms with Gasteiger partial charge in [-0.05, 0) is 31.6 Å². The summed E-state index contributed by atoms with van der Waals surface area (Å²) in [5.74, 6) is -1.33. The quantitative estimate of drug-likeness (QED) is 0.0222. The van der Waals surface area contributed by atoms with Crippen molar-refractivity contribution >= 4 is 39.5 Å². The van der Waals surface area contributed by atoms with Crippen LogP contribution < -0.4 is 0 Å². The number of aliphatic hydroxyl groups is 1. The molecule has 89 heavy (non-hydrogen) atoms. The number of phosphoric acid groups is 2. The average Bonchev–Trinajstić information content (AvgIpc) is 3.65. The van der Waals surface area contributed by atoms with Gasteiger partial charge in [0.15, 0.2) is 12.2 Å². The third-order valence-corrected chi connectivity index (χ3v) is 18.2. The van der Waals surface area contributed by atoms with Crippen molar-refractivity contribution in [3.8, 4) is 0 Å². The first kappa shape index (κ1) is 87.1. The predicted octanol–water partition coefficient (Wildman–Crippen LogP) is 20.1. The van der Waals surface area contributed by atoms with Crippen molar-refractivity contribution in [2.75, 3.05) is 39.6 Å². The van der Waals surface area contributed by atoms with Gasteiger partial charge < -0.3 is 33.8 Å². The maximum absolute atomic E-state index is 13.0. The molecule has 0 aliphatic heterocycles. The first-order valence-electron chi connectivity index (χ1n) is 36.6. The van der Waals surface area contributed by atoms with E-state index in [1.54, 1.807) is 0 Å². The highest BCUT2D eigenvalue weighted by atomic mass is 31.2. The summed E-state index contributed by atoms with van der Waals surface area (Å²) in [6, 6.07) is 0. The van der Waals surface area contributed by atoms with Crippen LogP contribution >= 0.6 is 15.6 Å². The van der Waals surface area contributed by atoms with Gasteiger partial charge in [0.1, 0.15) is 19.3 Å². The van der Waals surface area contributed by atoms with Crippen molar-refractivity contribution in [2.24, 2.45) is 5.92 Å². The monoisotopic (exact) mass is 1310 g/mol. The molecule has 3 N–H and O–H groups in total. The van der Waals surface area contributed by atoms with Crippen LogP contribution in [0.15, 0.2) is 0 Å². The number of aliphatic hydroxyl groups excluding tert-OH is 1. The molecule has 2 unspecified atom stereocenters. The summed E-state index contributed by atoms with van der Waals surface area (Å²) in [6.07, 6.45) is 51.1. The Morgan fingerprint density at radius 3 is 0.764 bits per heavy atom. The zero-order valence-electron chi connectivity index (χ0n) is 57.6. The van der Waals surface area contributed by atoms with Crippen LogP contribution in [0, 0.1) is 5.92 Å². The molecule has 19 heteroatoms. The van der Waals surface area contributed by atoms with E-state index in [1.165, 1.54) is 180 Å². The van der Waals surface area contributed by atoms with Crippen LogP contribution in [0.1, 0.15) is 362 Å². The van der Waals surface area contributed by atoms with Gasteiger partial charge in [-0.1, -0.05) is 311 Å². The molecule has 0 amide bonds. The van der Waals surface area contributed by atoms with E-state index in [2.05, 4.69) is 34.6 Å². The minimum atomic E-state index is -4.95. The molecule has 0 aliphatic rings.